The topological polar surface area (TPSA) is 130 Å². The van der Waals surface area contributed by atoms with E-state index in [1.54, 1.807) is 44.2 Å². The molecule has 0 bridgehead atoms. The molecule has 0 radical (unpaired) electrons. The third-order valence-electron chi connectivity index (χ3n) is 5.54. The predicted octanol–water partition coefficient (Wildman–Crippen LogP) is 2.23. The molecule has 2 N–H and O–H groups in total. The number of benzene rings is 2. The van der Waals surface area contributed by atoms with Crippen LogP contribution in [0.15, 0.2) is 66.1 Å². The molecular weight excluding hydrogens is 501 g/mol. The van der Waals surface area contributed by atoms with Crippen LogP contribution in [0.3, 0.4) is 0 Å². The zero-order valence-electron chi connectivity index (χ0n) is 21.1. The van der Waals surface area contributed by atoms with Crippen molar-refractivity contribution < 1.29 is 32.6 Å². The maximum absolute atomic E-state index is 14.2. The molecule has 0 aliphatic heterocycles. The smallest absolute Gasteiger partial charge is 0.243 e. The molecule has 0 aliphatic rings. The van der Waals surface area contributed by atoms with Gasteiger partial charge in [-0.05, 0) is 36.1 Å². The second-order valence-corrected chi connectivity index (χ2v) is 11.0. The van der Waals surface area contributed by atoms with Crippen LogP contribution >= 0.6 is 0 Å². The van der Waals surface area contributed by atoms with Crippen molar-refractivity contribution in [3.05, 3.63) is 72.6 Å². The molecule has 9 nitrogen and oxygen atoms in total. The molecular formula is C26H33FN3O6S-. The van der Waals surface area contributed by atoms with Crippen LogP contribution < -0.4 is 10.4 Å². The van der Waals surface area contributed by atoms with E-state index in [1.807, 2.05) is 0 Å². The fraction of sp³-hybridized carbons (Fsp3) is 0.385. The van der Waals surface area contributed by atoms with E-state index in [-0.39, 0.29) is 36.0 Å². The van der Waals surface area contributed by atoms with Gasteiger partial charge in [-0.25, -0.2) is 12.8 Å². The summed E-state index contributed by atoms with van der Waals surface area (Å²) in [5.41, 5.74) is 0.438. The first kappa shape index (κ1) is 29.9. The molecule has 0 unspecified atom stereocenters. The lowest BCUT2D eigenvalue weighted by atomic mass is 9.99. The Labute approximate surface area is 217 Å². The van der Waals surface area contributed by atoms with Gasteiger partial charge in [0.1, 0.15) is 11.9 Å². The number of carbonyl (C=O) groups excluding carboxylic acids is 2. The van der Waals surface area contributed by atoms with Crippen LogP contribution in [0.2, 0.25) is 0 Å². The monoisotopic (exact) mass is 534 g/mol. The first-order valence-electron chi connectivity index (χ1n) is 11.7. The molecule has 0 spiro atoms. The highest BCUT2D eigenvalue weighted by atomic mass is 32.2. The number of anilines is 1. The Morgan fingerprint density at radius 2 is 1.81 bits per heavy atom. The summed E-state index contributed by atoms with van der Waals surface area (Å²) in [6.45, 7) is 7.73. The zero-order chi connectivity index (χ0) is 27.8. The van der Waals surface area contributed by atoms with Gasteiger partial charge in [0.05, 0.1) is 22.7 Å². The number of hydrogen-bond acceptors (Lipinski definition) is 6. The number of hydrogen-bond donors (Lipinski definition) is 2. The largest absolute Gasteiger partial charge is 0.530 e. The molecule has 0 aliphatic carbocycles. The molecule has 2 rings (SSSR count). The minimum Gasteiger partial charge on any atom is -0.530 e. The van der Waals surface area contributed by atoms with Crippen LogP contribution in [-0.2, 0) is 21.2 Å². The first-order chi connectivity index (χ1) is 17.4. The average Bonchev–Trinajstić information content (AvgIpc) is 2.82. The van der Waals surface area contributed by atoms with Gasteiger partial charge in [0.25, 0.3) is 0 Å². The second kappa shape index (κ2) is 13.3. The first-order valence-corrected chi connectivity index (χ1v) is 13.2. The van der Waals surface area contributed by atoms with Crippen LogP contribution in [0, 0.1) is 11.7 Å². The summed E-state index contributed by atoms with van der Waals surface area (Å²) in [5.74, 6) is -1.53. The van der Waals surface area contributed by atoms with Crippen LogP contribution in [0.1, 0.15) is 26.3 Å². The van der Waals surface area contributed by atoms with Crippen molar-refractivity contribution >= 4 is 27.7 Å². The fourth-order valence-electron chi connectivity index (χ4n) is 3.90. The third kappa shape index (κ3) is 8.38. The van der Waals surface area contributed by atoms with Crippen LogP contribution in [0.25, 0.3) is 0 Å². The van der Waals surface area contributed by atoms with Crippen molar-refractivity contribution in [2.45, 2.75) is 44.2 Å². The summed E-state index contributed by atoms with van der Waals surface area (Å²) < 4.78 is 42.4. The van der Waals surface area contributed by atoms with E-state index in [0.717, 1.165) is 33.0 Å². The summed E-state index contributed by atoms with van der Waals surface area (Å²) in [6.07, 6.45) is -1.52. The lowest BCUT2D eigenvalue weighted by molar-refractivity contribution is -0.269. The van der Waals surface area contributed by atoms with E-state index in [1.165, 1.54) is 13.0 Å². The van der Waals surface area contributed by atoms with Crippen LogP contribution in [0.4, 0.5) is 14.9 Å². The number of rotatable bonds is 13. The highest BCUT2D eigenvalue weighted by molar-refractivity contribution is 7.89. The van der Waals surface area contributed by atoms with E-state index in [4.69, 9.17) is 0 Å². The Hall–Kier alpha value is -3.28. The minimum atomic E-state index is -4.28. The van der Waals surface area contributed by atoms with Gasteiger partial charge in [-0.2, -0.15) is 4.31 Å². The standard InChI is InChI=1S/C26H34FN3O6S/c1-5-13-30(26(33)34)24(14-20-9-7-6-8-10-20)25(32)17-29(16-18(2)3)37(35,36)21-11-12-22(27)23(15-21)28-19(4)31/h5-12,15,18,24-25,32H,1,13-14,16-17H2,2-4H3,(H,28,31)(H,33,34)/p-1/t24-,25+/m0/s1. The summed E-state index contributed by atoms with van der Waals surface area (Å²) in [4.78, 5) is 24.0. The maximum Gasteiger partial charge on any atom is 0.243 e. The molecule has 2 aromatic carbocycles. The highest BCUT2D eigenvalue weighted by Crippen LogP contribution is 2.25. The Morgan fingerprint density at radius 1 is 1.16 bits per heavy atom. The van der Waals surface area contributed by atoms with Crippen molar-refractivity contribution in [1.82, 2.24) is 9.21 Å². The van der Waals surface area contributed by atoms with Gasteiger partial charge in [-0.3, -0.25) is 4.79 Å². The lowest BCUT2D eigenvalue weighted by Crippen LogP contribution is -2.56. The molecule has 202 valence electrons. The Morgan fingerprint density at radius 3 is 2.35 bits per heavy atom. The number of sulfonamides is 1. The van der Waals surface area contributed by atoms with Crippen molar-refractivity contribution in [2.24, 2.45) is 5.92 Å². The fourth-order valence-corrected chi connectivity index (χ4v) is 5.55. The van der Waals surface area contributed by atoms with Gasteiger partial charge in [-0.1, -0.05) is 50.3 Å². The van der Waals surface area contributed by atoms with Gasteiger partial charge in [-0.15, -0.1) is 6.58 Å². The molecule has 0 heterocycles. The minimum absolute atomic E-state index is 0.00290. The average molecular weight is 535 g/mol. The molecule has 0 saturated heterocycles. The lowest BCUT2D eigenvalue weighted by Gasteiger charge is -2.38. The number of nitrogens with one attached hydrogen (secondary N) is 1. The van der Waals surface area contributed by atoms with E-state index >= 15 is 0 Å². The SMILES string of the molecule is C=CCN(C(=O)[O-])[C@@H](Cc1ccccc1)[C@H](O)CN(CC(C)C)S(=O)(=O)c1ccc(F)c(NC(C)=O)c1. The Balaban J connectivity index is 2.47. The normalized spacial score (nSPS) is 13.3. The Kier molecular flexibility index (Phi) is 10.8. The summed E-state index contributed by atoms with van der Waals surface area (Å²) in [5, 5.41) is 25.4. The zero-order valence-corrected chi connectivity index (χ0v) is 21.9. The number of amides is 2. The Bertz CT molecular complexity index is 1190. The van der Waals surface area contributed by atoms with E-state index in [2.05, 4.69) is 11.9 Å². The van der Waals surface area contributed by atoms with Gasteiger partial charge < -0.3 is 25.2 Å². The summed E-state index contributed by atoms with van der Waals surface area (Å²) >= 11 is 0. The molecule has 0 saturated carbocycles. The van der Waals surface area contributed by atoms with Gasteiger partial charge in [0, 0.05) is 26.6 Å². The highest BCUT2D eigenvalue weighted by Gasteiger charge is 2.33. The molecule has 2 aromatic rings. The van der Waals surface area contributed by atoms with Crippen molar-refractivity contribution in [1.29, 1.82) is 0 Å². The van der Waals surface area contributed by atoms with Crippen LogP contribution in [0.5, 0.6) is 0 Å². The van der Waals surface area contributed by atoms with Crippen molar-refractivity contribution in [3.8, 4) is 0 Å². The molecule has 37 heavy (non-hydrogen) atoms. The quantitative estimate of drug-likeness (QED) is 0.379. The summed E-state index contributed by atoms with van der Waals surface area (Å²) in [6, 6.07) is 10.8. The van der Waals surface area contributed by atoms with Gasteiger partial charge in [0.15, 0.2) is 0 Å². The van der Waals surface area contributed by atoms with E-state index in [9.17, 15) is 32.6 Å². The van der Waals surface area contributed by atoms with Crippen LogP contribution in [-0.4, -0.2) is 66.5 Å². The number of carbonyl (C=O) groups is 2. The van der Waals surface area contributed by atoms with Crippen molar-refractivity contribution in [3.63, 3.8) is 0 Å². The van der Waals surface area contributed by atoms with Gasteiger partial charge in [0.2, 0.25) is 15.9 Å². The summed E-state index contributed by atoms with van der Waals surface area (Å²) in [7, 11) is -4.28. The number of aliphatic hydroxyl groups is 1. The molecule has 11 heteroatoms. The number of nitrogens with zero attached hydrogens (tertiary/aromatic N) is 2. The predicted molar refractivity (Wildman–Crippen MR) is 137 cm³/mol. The van der Waals surface area contributed by atoms with Gasteiger partial charge >= 0.3 is 0 Å². The van der Waals surface area contributed by atoms with E-state index < -0.39 is 46.5 Å². The molecule has 2 atom stereocenters. The molecule has 0 fully saturated rings. The number of aliphatic hydroxyl groups excluding tert-OH is 1. The maximum atomic E-state index is 14.2. The van der Waals surface area contributed by atoms with E-state index in [0.29, 0.717) is 0 Å². The molecule has 0 aromatic heterocycles. The number of carboxylic acid groups (broad SMARTS) is 1. The number of halogens is 1. The third-order valence-corrected chi connectivity index (χ3v) is 7.37. The van der Waals surface area contributed by atoms with Crippen molar-refractivity contribution in [2.75, 3.05) is 25.0 Å². The second-order valence-electron chi connectivity index (χ2n) is 9.07. The molecule has 2 amide bonds.